The van der Waals surface area contributed by atoms with Gasteiger partial charge in [0.05, 0.1) is 0 Å². The molecule has 0 saturated carbocycles. The van der Waals surface area contributed by atoms with Crippen molar-refractivity contribution in [3.8, 4) is 0 Å². The van der Waals surface area contributed by atoms with Crippen molar-refractivity contribution >= 4 is 5.82 Å². The Labute approximate surface area is 90.7 Å². The van der Waals surface area contributed by atoms with Gasteiger partial charge in [-0.2, -0.15) is 0 Å². The van der Waals surface area contributed by atoms with E-state index in [4.69, 9.17) is 0 Å². The van der Waals surface area contributed by atoms with E-state index in [0.29, 0.717) is 5.41 Å². The maximum Gasteiger partial charge on any atom is 0.131 e. The van der Waals surface area contributed by atoms with Crippen LogP contribution in [0.5, 0.6) is 0 Å². The van der Waals surface area contributed by atoms with E-state index < -0.39 is 0 Å². The molecule has 1 aliphatic heterocycles. The third-order valence-corrected chi connectivity index (χ3v) is 3.05. The molecule has 0 aliphatic carbocycles. The molecule has 2 heterocycles. The van der Waals surface area contributed by atoms with Crippen LogP contribution in [0.4, 0.5) is 5.82 Å². The van der Waals surface area contributed by atoms with Gasteiger partial charge in [-0.3, -0.25) is 0 Å². The van der Waals surface area contributed by atoms with Crippen molar-refractivity contribution in [1.82, 2.24) is 15.3 Å². The van der Waals surface area contributed by atoms with Crippen molar-refractivity contribution in [2.45, 2.75) is 13.3 Å². The smallest absolute Gasteiger partial charge is 0.131 e. The summed E-state index contributed by atoms with van der Waals surface area (Å²) in [6.07, 6.45) is 4.64. The number of nitrogens with one attached hydrogen (secondary N) is 1. The van der Waals surface area contributed by atoms with Crippen LogP contribution in [-0.4, -0.2) is 36.6 Å². The first-order valence-electron chi connectivity index (χ1n) is 5.39. The third-order valence-electron chi connectivity index (χ3n) is 3.05. The highest BCUT2D eigenvalue weighted by Gasteiger charge is 2.33. The predicted molar refractivity (Wildman–Crippen MR) is 60.9 cm³/mol. The minimum Gasteiger partial charge on any atom is -0.356 e. The number of hydrogen-bond donors (Lipinski definition) is 1. The van der Waals surface area contributed by atoms with Crippen molar-refractivity contribution in [2.24, 2.45) is 5.41 Å². The average molecular weight is 206 g/mol. The summed E-state index contributed by atoms with van der Waals surface area (Å²) in [5.74, 6) is 1.05. The summed E-state index contributed by atoms with van der Waals surface area (Å²) in [4.78, 5) is 10.6. The first-order valence-corrected chi connectivity index (χ1v) is 5.39. The van der Waals surface area contributed by atoms with Gasteiger partial charge in [0, 0.05) is 25.8 Å². The molecule has 1 saturated heterocycles. The summed E-state index contributed by atoms with van der Waals surface area (Å²) in [6.45, 7) is 5.55. The summed E-state index contributed by atoms with van der Waals surface area (Å²) < 4.78 is 0. The highest BCUT2D eigenvalue weighted by Crippen LogP contribution is 2.31. The Balaban J connectivity index is 2.04. The molecule has 1 fully saturated rings. The average Bonchev–Trinajstić information content (AvgIpc) is 2.63. The Morgan fingerprint density at radius 3 is 3.13 bits per heavy atom. The SMILES string of the molecule is CNCC1(C)CCN(c2ccncn2)C1. The topological polar surface area (TPSA) is 41.0 Å². The standard InChI is InChI=1S/C11H18N4/c1-11(7-12-2)4-6-15(8-11)10-3-5-13-9-14-10/h3,5,9,12H,4,6-8H2,1-2H3. The van der Waals surface area contributed by atoms with E-state index in [9.17, 15) is 0 Å². The lowest BCUT2D eigenvalue weighted by Gasteiger charge is -2.24. The lowest BCUT2D eigenvalue weighted by Crippen LogP contribution is -2.33. The van der Waals surface area contributed by atoms with Crippen LogP contribution in [0.15, 0.2) is 18.6 Å². The second-order valence-corrected chi connectivity index (χ2v) is 4.58. The number of rotatable bonds is 3. The quantitative estimate of drug-likeness (QED) is 0.798. The molecule has 1 aliphatic rings. The Kier molecular flexibility index (Phi) is 2.86. The van der Waals surface area contributed by atoms with E-state index in [1.54, 1.807) is 12.5 Å². The molecule has 0 aromatic carbocycles. The van der Waals surface area contributed by atoms with Crippen molar-refractivity contribution in [1.29, 1.82) is 0 Å². The number of aromatic nitrogens is 2. The minimum atomic E-state index is 0.375. The molecule has 1 aromatic rings. The molecule has 0 amide bonds. The molecular weight excluding hydrogens is 188 g/mol. The summed E-state index contributed by atoms with van der Waals surface area (Å²) in [5, 5.41) is 3.26. The van der Waals surface area contributed by atoms with Crippen molar-refractivity contribution in [3.63, 3.8) is 0 Å². The van der Waals surface area contributed by atoms with E-state index in [0.717, 1.165) is 25.5 Å². The van der Waals surface area contributed by atoms with Crippen LogP contribution in [-0.2, 0) is 0 Å². The van der Waals surface area contributed by atoms with E-state index in [-0.39, 0.29) is 0 Å². The first-order chi connectivity index (χ1) is 7.23. The highest BCUT2D eigenvalue weighted by atomic mass is 15.2. The van der Waals surface area contributed by atoms with Gasteiger partial charge in [0.25, 0.3) is 0 Å². The van der Waals surface area contributed by atoms with Gasteiger partial charge in [-0.25, -0.2) is 9.97 Å². The molecule has 15 heavy (non-hydrogen) atoms. The molecule has 4 heteroatoms. The zero-order valence-corrected chi connectivity index (χ0v) is 9.40. The van der Waals surface area contributed by atoms with Gasteiger partial charge in [-0.15, -0.1) is 0 Å². The summed E-state index contributed by atoms with van der Waals surface area (Å²) in [7, 11) is 2.01. The number of hydrogen-bond acceptors (Lipinski definition) is 4. The fourth-order valence-corrected chi connectivity index (χ4v) is 2.26. The predicted octanol–water partition coefficient (Wildman–Crippen LogP) is 0.912. The van der Waals surface area contributed by atoms with Crippen molar-refractivity contribution in [2.75, 3.05) is 31.6 Å². The minimum absolute atomic E-state index is 0.375. The molecular formula is C11H18N4. The molecule has 1 N–H and O–H groups in total. The Hall–Kier alpha value is -1.16. The Morgan fingerprint density at radius 1 is 1.60 bits per heavy atom. The van der Waals surface area contributed by atoms with Gasteiger partial charge in [0.1, 0.15) is 12.1 Å². The van der Waals surface area contributed by atoms with E-state index in [1.807, 2.05) is 13.1 Å². The summed E-state index contributed by atoms with van der Waals surface area (Å²) in [5.41, 5.74) is 0.375. The lowest BCUT2D eigenvalue weighted by molar-refractivity contribution is 0.356. The normalized spacial score (nSPS) is 25.9. The van der Waals surface area contributed by atoms with Gasteiger partial charge >= 0.3 is 0 Å². The Bertz CT molecular complexity index is 314. The number of nitrogens with zero attached hydrogens (tertiary/aromatic N) is 3. The van der Waals surface area contributed by atoms with Gasteiger partial charge in [0.2, 0.25) is 0 Å². The van der Waals surface area contributed by atoms with E-state index in [1.165, 1.54) is 6.42 Å². The molecule has 2 rings (SSSR count). The Morgan fingerprint density at radius 2 is 2.47 bits per heavy atom. The second-order valence-electron chi connectivity index (χ2n) is 4.58. The maximum absolute atomic E-state index is 4.28. The zero-order chi connectivity index (χ0) is 10.7. The maximum atomic E-state index is 4.28. The third kappa shape index (κ3) is 2.26. The van der Waals surface area contributed by atoms with Crippen LogP contribution >= 0.6 is 0 Å². The first kappa shape index (κ1) is 10.4. The zero-order valence-electron chi connectivity index (χ0n) is 9.40. The van der Waals surface area contributed by atoms with Crippen LogP contribution in [0.25, 0.3) is 0 Å². The van der Waals surface area contributed by atoms with Gasteiger partial charge < -0.3 is 10.2 Å². The van der Waals surface area contributed by atoms with Crippen molar-refractivity contribution in [3.05, 3.63) is 18.6 Å². The lowest BCUT2D eigenvalue weighted by atomic mass is 9.90. The van der Waals surface area contributed by atoms with Gasteiger partial charge in [-0.1, -0.05) is 6.92 Å². The second kappa shape index (κ2) is 4.14. The molecule has 1 atom stereocenters. The number of anilines is 1. The largest absolute Gasteiger partial charge is 0.356 e. The van der Waals surface area contributed by atoms with Crippen LogP contribution in [0, 0.1) is 5.41 Å². The summed E-state index contributed by atoms with van der Waals surface area (Å²) in [6, 6.07) is 1.98. The fraction of sp³-hybridized carbons (Fsp3) is 0.636. The van der Waals surface area contributed by atoms with Crippen LogP contribution in [0.2, 0.25) is 0 Å². The molecule has 82 valence electrons. The fourth-order valence-electron chi connectivity index (χ4n) is 2.26. The van der Waals surface area contributed by atoms with Crippen LogP contribution in [0.1, 0.15) is 13.3 Å². The van der Waals surface area contributed by atoms with E-state index in [2.05, 4.69) is 27.1 Å². The molecule has 0 radical (unpaired) electrons. The highest BCUT2D eigenvalue weighted by molar-refractivity contribution is 5.38. The van der Waals surface area contributed by atoms with Crippen molar-refractivity contribution < 1.29 is 0 Å². The van der Waals surface area contributed by atoms with Crippen LogP contribution in [0.3, 0.4) is 0 Å². The molecule has 1 unspecified atom stereocenters. The van der Waals surface area contributed by atoms with Gasteiger partial charge in [-0.05, 0) is 24.9 Å². The molecule has 1 aromatic heterocycles. The monoisotopic (exact) mass is 206 g/mol. The van der Waals surface area contributed by atoms with E-state index >= 15 is 0 Å². The molecule has 4 nitrogen and oxygen atoms in total. The van der Waals surface area contributed by atoms with Gasteiger partial charge in [0.15, 0.2) is 0 Å². The molecule has 0 bridgehead atoms. The molecule has 0 spiro atoms. The van der Waals surface area contributed by atoms with Crippen LogP contribution < -0.4 is 10.2 Å². The summed E-state index contributed by atoms with van der Waals surface area (Å²) >= 11 is 0.